The molecule has 3 rings (SSSR count). The molecule has 0 saturated carbocycles. The fourth-order valence-corrected chi connectivity index (χ4v) is 3.49. The topological polar surface area (TPSA) is 21.1 Å². The first-order valence-electron chi connectivity index (χ1n) is 7.41. The van der Waals surface area contributed by atoms with E-state index in [1.807, 2.05) is 0 Å². The monoisotopic (exact) mass is 291 g/mol. The number of alkyl halides is 1. The predicted molar refractivity (Wildman–Crippen MR) is 84.7 cm³/mol. The highest BCUT2D eigenvalue weighted by molar-refractivity contribution is 6.17. The number of para-hydroxylation sites is 1. The fourth-order valence-electron chi connectivity index (χ4n) is 3.32. The summed E-state index contributed by atoms with van der Waals surface area (Å²) in [5.74, 6) is 1.77. The van der Waals surface area contributed by atoms with Crippen LogP contribution in [0.5, 0.6) is 0 Å². The molecular weight excluding hydrogens is 270 g/mol. The second-order valence-corrected chi connectivity index (χ2v) is 6.22. The summed E-state index contributed by atoms with van der Waals surface area (Å²) in [7, 11) is 2.21. The van der Waals surface area contributed by atoms with E-state index in [9.17, 15) is 0 Å². The van der Waals surface area contributed by atoms with Crippen molar-refractivity contribution in [1.29, 1.82) is 0 Å². The molecule has 0 N–H and O–H groups in total. The number of nitrogens with zero attached hydrogens (tertiary/aromatic N) is 3. The van der Waals surface area contributed by atoms with Gasteiger partial charge in [0.1, 0.15) is 5.82 Å². The molecule has 4 heteroatoms. The molecule has 3 nitrogen and oxygen atoms in total. The lowest BCUT2D eigenvalue weighted by molar-refractivity contribution is 0.212. The Labute approximate surface area is 125 Å². The van der Waals surface area contributed by atoms with Gasteiger partial charge >= 0.3 is 0 Å². The zero-order valence-corrected chi connectivity index (χ0v) is 13.0. The molecule has 0 radical (unpaired) electrons. The molecule has 1 fully saturated rings. The Bertz CT molecular complexity index is 605. The zero-order chi connectivity index (χ0) is 14.1. The van der Waals surface area contributed by atoms with Crippen LogP contribution >= 0.6 is 11.6 Å². The van der Waals surface area contributed by atoms with E-state index in [0.717, 1.165) is 24.3 Å². The van der Waals surface area contributed by atoms with Crippen LogP contribution in [0.3, 0.4) is 0 Å². The number of piperidine rings is 1. The fraction of sp³-hybridized carbons (Fsp3) is 0.562. The highest BCUT2D eigenvalue weighted by Crippen LogP contribution is 2.29. The van der Waals surface area contributed by atoms with Crippen LogP contribution < -0.4 is 0 Å². The highest BCUT2D eigenvalue weighted by atomic mass is 35.5. The normalized spacial score (nSPS) is 20.6. The third-order valence-electron chi connectivity index (χ3n) is 4.28. The van der Waals surface area contributed by atoms with Gasteiger partial charge < -0.3 is 9.47 Å². The van der Waals surface area contributed by atoms with E-state index >= 15 is 0 Å². The third kappa shape index (κ3) is 2.45. The summed E-state index contributed by atoms with van der Waals surface area (Å²) in [5, 5.41) is 0. The Hall–Kier alpha value is -1.06. The summed E-state index contributed by atoms with van der Waals surface area (Å²) in [6.45, 7) is 4.44. The van der Waals surface area contributed by atoms with Crippen molar-refractivity contribution in [3.05, 3.63) is 29.6 Å². The van der Waals surface area contributed by atoms with E-state index in [1.54, 1.807) is 0 Å². The van der Waals surface area contributed by atoms with Gasteiger partial charge in [-0.15, -0.1) is 11.6 Å². The van der Waals surface area contributed by atoms with Gasteiger partial charge in [0.05, 0.1) is 11.0 Å². The minimum absolute atomic E-state index is 0.527. The molecule has 1 unspecified atom stereocenters. The van der Waals surface area contributed by atoms with E-state index in [2.05, 4.69) is 41.6 Å². The van der Waals surface area contributed by atoms with Gasteiger partial charge in [0.2, 0.25) is 0 Å². The number of fused-ring (bicyclic) bond motifs is 1. The summed E-state index contributed by atoms with van der Waals surface area (Å²) in [4.78, 5) is 7.28. The van der Waals surface area contributed by atoms with Gasteiger partial charge in [-0.3, -0.25) is 0 Å². The first-order chi connectivity index (χ1) is 9.70. The Morgan fingerprint density at radius 2 is 2.25 bits per heavy atom. The molecular formula is C16H22ClN3. The van der Waals surface area contributed by atoms with E-state index in [4.69, 9.17) is 16.6 Å². The number of halogens is 1. The van der Waals surface area contributed by atoms with E-state index in [-0.39, 0.29) is 0 Å². The summed E-state index contributed by atoms with van der Waals surface area (Å²) < 4.78 is 2.44. The molecule has 2 aromatic rings. The van der Waals surface area contributed by atoms with Gasteiger partial charge in [0, 0.05) is 24.9 Å². The van der Waals surface area contributed by atoms with Crippen LogP contribution in [0.2, 0.25) is 0 Å². The Morgan fingerprint density at radius 3 is 3.00 bits per heavy atom. The average Bonchev–Trinajstić information content (AvgIpc) is 2.79. The molecule has 1 aliphatic heterocycles. The SMILES string of the molecule is Cc1cccc2c1nc(CCCl)n2C1CCCN(C)C1. The van der Waals surface area contributed by atoms with Crippen molar-refractivity contribution in [2.45, 2.75) is 32.2 Å². The number of hydrogen-bond donors (Lipinski definition) is 0. The number of likely N-dealkylation sites (tertiary alicyclic amines) is 1. The Morgan fingerprint density at radius 1 is 1.40 bits per heavy atom. The molecule has 0 amide bonds. The van der Waals surface area contributed by atoms with Crippen molar-refractivity contribution in [2.24, 2.45) is 0 Å². The van der Waals surface area contributed by atoms with E-state index < -0.39 is 0 Å². The quantitative estimate of drug-likeness (QED) is 0.808. The molecule has 1 saturated heterocycles. The molecule has 0 bridgehead atoms. The first kappa shape index (κ1) is 13.9. The van der Waals surface area contributed by atoms with E-state index in [1.165, 1.54) is 30.5 Å². The van der Waals surface area contributed by atoms with Crippen LogP contribution in [-0.2, 0) is 6.42 Å². The zero-order valence-electron chi connectivity index (χ0n) is 12.3. The van der Waals surface area contributed by atoms with Gasteiger partial charge in [0.15, 0.2) is 0 Å². The summed E-state index contributed by atoms with van der Waals surface area (Å²) >= 11 is 5.98. The second-order valence-electron chi connectivity index (χ2n) is 5.84. The van der Waals surface area contributed by atoms with Crippen molar-refractivity contribution in [1.82, 2.24) is 14.5 Å². The maximum Gasteiger partial charge on any atom is 0.111 e. The van der Waals surface area contributed by atoms with E-state index in [0.29, 0.717) is 11.9 Å². The molecule has 0 spiro atoms. The molecule has 1 aromatic heterocycles. The van der Waals surface area contributed by atoms with Gasteiger partial charge in [-0.2, -0.15) is 0 Å². The third-order valence-corrected chi connectivity index (χ3v) is 4.47. The van der Waals surface area contributed by atoms with Crippen LogP contribution in [0.1, 0.15) is 30.3 Å². The number of benzene rings is 1. The Kier molecular flexibility index (Phi) is 3.99. The van der Waals surface area contributed by atoms with Crippen LogP contribution in [0.15, 0.2) is 18.2 Å². The van der Waals surface area contributed by atoms with Gasteiger partial charge in [-0.05, 0) is 45.0 Å². The van der Waals surface area contributed by atoms with Crippen LogP contribution in [0.4, 0.5) is 0 Å². The minimum atomic E-state index is 0.527. The number of likely N-dealkylation sites (N-methyl/N-ethyl adjacent to an activating group) is 1. The van der Waals surface area contributed by atoms with Crippen LogP contribution in [0.25, 0.3) is 11.0 Å². The highest BCUT2D eigenvalue weighted by Gasteiger charge is 2.23. The summed E-state index contributed by atoms with van der Waals surface area (Å²) in [6, 6.07) is 6.99. The predicted octanol–water partition coefficient (Wildman–Crippen LogP) is 3.39. The number of imidazole rings is 1. The van der Waals surface area contributed by atoms with Crippen molar-refractivity contribution in [3.8, 4) is 0 Å². The average molecular weight is 292 g/mol. The lowest BCUT2D eigenvalue weighted by Crippen LogP contribution is -2.34. The first-order valence-corrected chi connectivity index (χ1v) is 7.95. The standard InChI is InChI=1S/C16H22ClN3/c1-12-5-3-7-14-16(12)18-15(8-9-17)20(14)13-6-4-10-19(2)11-13/h3,5,7,13H,4,6,8-11H2,1-2H3. The summed E-state index contributed by atoms with van der Waals surface area (Å²) in [6.07, 6.45) is 3.34. The maximum atomic E-state index is 5.98. The number of aryl methyl sites for hydroxylation is 2. The van der Waals surface area contributed by atoms with Crippen LogP contribution in [0, 0.1) is 6.92 Å². The summed E-state index contributed by atoms with van der Waals surface area (Å²) in [5.41, 5.74) is 3.66. The number of hydrogen-bond acceptors (Lipinski definition) is 2. The molecule has 2 heterocycles. The lowest BCUT2D eigenvalue weighted by atomic mass is 10.1. The largest absolute Gasteiger partial charge is 0.324 e. The Balaban J connectivity index is 2.11. The lowest BCUT2D eigenvalue weighted by Gasteiger charge is -2.32. The van der Waals surface area contributed by atoms with Gasteiger partial charge in [-0.1, -0.05) is 12.1 Å². The van der Waals surface area contributed by atoms with Crippen molar-refractivity contribution >= 4 is 22.6 Å². The molecule has 1 atom stereocenters. The van der Waals surface area contributed by atoms with Gasteiger partial charge in [0.25, 0.3) is 0 Å². The second kappa shape index (κ2) is 5.74. The molecule has 1 aliphatic rings. The smallest absolute Gasteiger partial charge is 0.111 e. The number of aromatic nitrogens is 2. The molecule has 0 aliphatic carbocycles. The van der Waals surface area contributed by atoms with Crippen molar-refractivity contribution < 1.29 is 0 Å². The van der Waals surface area contributed by atoms with Crippen molar-refractivity contribution in [3.63, 3.8) is 0 Å². The van der Waals surface area contributed by atoms with Gasteiger partial charge in [-0.25, -0.2) is 4.98 Å². The van der Waals surface area contributed by atoms with Crippen molar-refractivity contribution in [2.75, 3.05) is 26.0 Å². The minimum Gasteiger partial charge on any atom is -0.324 e. The molecule has 1 aromatic carbocycles. The maximum absolute atomic E-state index is 5.98. The number of rotatable bonds is 3. The molecule has 20 heavy (non-hydrogen) atoms. The van der Waals surface area contributed by atoms with Crippen LogP contribution in [-0.4, -0.2) is 40.5 Å². The molecule has 108 valence electrons.